The molecule has 0 radical (unpaired) electrons. The summed E-state index contributed by atoms with van der Waals surface area (Å²) in [5.74, 6) is 1.53. The molecule has 0 aliphatic carbocycles. The van der Waals surface area contributed by atoms with Crippen LogP contribution in [-0.2, 0) is 0 Å². The third-order valence-corrected chi connectivity index (χ3v) is 3.26. The van der Waals surface area contributed by atoms with Gasteiger partial charge in [-0.1, -0.05) is 37.8 Å². The number of methoxy groups -OCH3 is 1. The summed E-state index contributed by atoms with van der Waals surface area (Å²) in [4.78, 5) is 0. The largest absolute Gasteiger partial charge is 0.497 e. The quantitative estimate of drug-likeness (QED) is 0.811. The summed E-state index contributed by atoms with van der Waals surface area (Å²) in [7, 11) is 1.65. The van der Waals surface area contributed by atoms with E-state index >= 15 is 0 Å². The molecule has 3 nitrogen and oxygen atoms in total. The standard InChI is InChI=1S/C18H21NO2/c1-4-12-21-18-16(6-5-7-17(18)19)13(2)14-8-10-15(20-3)11-9-14/h5-11H,2,4,12,19H2,1,3H3. The van der Waals surface area contributed by atoms with Gasteiger partial charge in [-0.15, -0.1) is 0 Å². The molecule has 2 aromatic carbocycles. The maximum Gasteiger partial charge on any atom is 0.149 e. The van der Waals surface area contributed by atoms with Crippen molar-refractivity contribution < 1.29 is 9.47 Å². The summed E-state index contributed by atoms with van der Waals surface area (Å²) in [5, 5.41) is 0. The lowest BCUT2D eigenvalue weighted by Crippen LogP contribution is -2.02. The van der Waals surface area contributed by atoms with Crippen LogP contribution in [-0.4, -0.2) is 13.7 Å². The number of ether oxygens (including phenoxy) is 2. The van der Waals surface area contributed by atoms with Crippen molar-refractivity contribution in [2.24, 2.45) is 0 Å². The van der Waals surface area contributed by atoms with E-state index in [4.69, 9.17) is 15.2 Å². The third kappa shape index (κ3) is 3.37. The highest BCUT2D eigenvalue weighted by molar-refractivity contribution is 5.84. The van der Waals surface area contributed by atoms with Crippen molar-refractivity contribution in [1.82, 2.24) is 0 Å². The SMILES string of the molecule is C=C(c1ccc(OC)cc1)c1cccc(N)c1OCCC. The van der Waals surface area contributed by atoms with Gasteiger partial charge in [0.1, 0.15) is 11.5 Å². The van der Waals surface area contributed by atoms with E-state index in [0.717, 1.165) is 28.9 Å². The van der Waals surface area contributed by atoms with E-state index in [2.05, 4.69) is 13.5 Å². The molecule has 0 saturated carbocycles. The molecule has 0 heterocycles. The van der Waals surface area contributed by atoms with Gasteiger partial charge >= 0.3 is 0 Å². The summed E-state index contributed by atoms with van der Waals surface area (Å²) in [5.41, 5.74) is 9.50. The molecule has 21 heavy (non-hydrogen) atoms. The molecule has 0 aliphatic rings. The maximum atomic E-state index is 6.04. The zero-order chi connectivity index (χ0) is 15.2. The number of benzene rings is 2. The highest BCUT2D eigenvalue weighted by Gasteiger charge is 2.12. The molecule has 0 aromatic heterocycles. The minimum absolute atomic E-state index is 0.635. The first-order valence-corrected chi connectivity index (χ1v) is 7.02. The van der Waals surface area contributed by atoms with E-state index in [1.165, 1.54) is 0 Å². The van der Waals surface area contributed by atoms with E-state index < -0.39 is 0 Å². The van der Waals surface area contributed by atoms with E-state index in [0.29, 0.717) is 18.0 Å². The Labute approximate surface area is 126 Å². The Morgan fingerprint density at radius 1 is 1.14 bits per heavy atom. The van der Waals surface area contributed by atoms with E-state index in [-0.39, 0.29) is 0 Å². The average Bonchev–Trinajstić information content (AvgIpc) is 2.53. The molecule has 2 rings (SSSR count). The van der Waals surface area contributed by atoms with Crippen LogP contribution in [0, 0.1) is 0 Å². The maximum absolute atomic E-state index is 6.04. The monoisotopic (exact) mass is 283 g/mol. The van der Waals surface area contributed by atoms with Crippen molar-refractivity contribution in [2.45, 2.75) is 13.3 Å². The van der Waals surface area contributed by atoms with E-state index in [9.17, 15) is 0 Å². The van der Waals surface area contributed by atoms with Gasteiger partial charge in [0, 0.05) is 5.56 Å². The summed E-state index contributed by atoms with van der Waals surface area (Å²) >= 11 is 0. The number of hydrogen-bond acceptors (Lipinski definition) is 3. The third-order valence-electron chi connectivity index (χ3n) is 3.26. The predicted molar refractivity (Wildman–Crippen MR) is 87.8 cm³/mol. The molecule has 2 aromatic rings. The van der Waals surface area contributed by atoms with Crippen LogP contribution in [0.1, 0.15) is 24.5 Å². The van der Waals surface area contributed by atoms with Gasteiger partial charge in [-0.2, -0.15) is 0 Å². The van der Waals surface area contributed by atoms with Gasteiger partial charge < -0.3 is 15.2 Å². The van der Waals surface area contributed by atoms with Crippen molar-refractivity contribution in [3.8, 4) is 11.5 Å². The predicted octanol–water partition coefficient (Wildman–Crippen LogP) is 4.13. The molecule has 0 amide bonds. The molecule has 3 heteroatoms. The van der Waals surface area contributed by atoms with Gasteiger partial charge in [0.2, 0.25) is 0 Å². The molecule has 0 unspecified atom stereocenters. The average molecular weight is 283 g/mol. The van der Waals surface area contributed by atoms with Crippen LogP contribution in [0.3, 0.4) is 0 Å². The van der Waals surface area contributed by atoms with Gasteiger partial charge in [-0.3, -0.25) is 0 Å². The fourth-order valence-electron chi connectivity index (χ4n) is 2.11. The zero-order valence-electron chi connectivity index (χ0n) is 12.6. The van der Waals surface area contributed by atoms with Crippen molar-refractivity contribution in [3.05, 3.63) is 60.2 Å². The lowest BCUT2D eigenvalue weighted by molar-refractivity contribution is 0.318. The molecular formula is C18H21NO2. The number of rotatable bonds is 6. The smallest absolute Gasteiger partial charge is 0.149 e. The van der Waals surface area contributed by atoms with Crippen molar-refractivity contribution in [1.29, 1.82) is 0 Å². The highest BCUT2D eigenvalue weighted by atomic mass is 16.5. The molecule has 2 N–H and O–H groups in total. The molecule has 110 valence electrons. The lowest BCUT2D eigenvalue weighted by Gasteiger charge is -2.15. The lowest BCUT2D eigenvalue weighted by atomic mass is 9.98. The van der Waals surface area contributed by atoms with Gasteiger partial charge in [-0.05, 0) is 35.8 Å². The van der Waals surface area contributed by atoms with Gasteiger partial charge in [0.25, 0.3) is 0 Å². The van der Waals surface area contributed by atoms with Crippen LogP contribution >= 0.6 is 0 Å². The Morgan fingerprint density at radius 3 is 2.48 bits per heavy atom. The van der Waals surface area contributed by atoms with Crippen LogP contribution in [0.15, 0.2) is 49.0 Å². The Hall–Kier alpha value is -2.42. The zero-order valence-corrected chi connectivity index (χ0v) is 12.6. The Balaban J connectivity index is 2.35. The van der Waals surface area contributed by atoms with Crippen LogP contribution in [0.25, 0.3) is 5.57 Å². The number of para-hydroxylation sites is 1. The fraction of sp³-hybridized carbons (Fsp3) is 0.222. The minimum Gasteiger partial charge on any atom is -0.497 e. The molecule has 0 bridgehead atoms. The molecule has 0 aliphatic heterocycles. The Kier molecular flexibility index (Phi) is 4.88. The topological polar surface area (TPSA) is 44.5 Å². The van der Waals surface area contributed by atoms with E-state index in [1.54, 1.807) is 7.11 Å². The first kappa shape index (κ1) is 15.0. The van der Waals surface area contributed by atoms with Crippen molar-refractivity contribution in [3.63, 3.8) is 0 Å². The second-order valence-corrected chi connectivity index (χ2v) is 4.78. The van der Waals surface area contributed by atoms with Crippen LogP contribution in [0.4, 0.5) is 5.69 Å². The first-order valence-electron chi connectivity index (χ1n) is 7.02. The number of anilines is 1. The summed E-state index contributed by atoms with van der Waals surface area (Å²) in [6.07, 6.45) is 0.933. The second-order valence-electron chi connectivity index (χ2n) is 4.78. The van der Waals surface area contributed by atoms with E-state index in [1.807, 2.05) is 42.5 Å². The molecule has 0 saturated heterocycles. The van der Waals surface area contributed by atoms with Crippen LogP contribution < -0.4 is 15.2 Å². The Bertz CT molecular complexity index is 618. The van der Waals surface area contributed by atoms with Gasteiger partial charge in [-0.25, -0.2) is 0 Å². The fourth-order valence-corrected chi connectivity index (χ4v) is 2.11. The van der Waals surface area contributed by atoms with Crippen molar-refractivity contribution in [2.75, 3.05) is 19.5 Å². The number of nitrogens with two attached hydrogens (primary N) is 1. The molecular weight excluding hydrogens is 262 g/mol. The number of nitrogen functional groups attached to an aromatic ring is 1. The van der Waals surface area contributed by atoms with Gasteiger partial charge in [0.05, 0.1) is 19.4 Å². The van der Waals surface area contributed by atoms with Gasteiger partial charge in [0.15, 0.2) is 0 Å². The Morgan fingerprint density at radius 2 is 1.86 bits per heavy atom. The summed E-state index contributed by atoms with van der Waals surface area (Å²) in [6.45, 7) is 6.89. The van der Waals surface area contributed by atoms with Crippen LogP contribution in [0.2, 0.25) is 0 Å². The summed E-state index contributed by atoms with van der Waals surface area (Å²) in [6, 6.07) is 13.5. The normalized spacial score (nSPS) is 10.2. The summed E-state index contributed by atoms with van der Waals surface area (Å²) < 4.78 is 11.0. The second kappa shape index (κ2) is 6.84. The molecule has 0 spiro atoms. The number of hydrogen-bond donors (Lipinski definition) is 1. The van der Waals surface area contributed by atoms with Crippen molar-refractivity contribution >= 4 is 11.3 Å². The first-order chi connectivity index (χ1) is 10.2. The van der Waals surface area contributed by atoms with Crippen LogP contribution in [0.5, 0.6) is 11.5 Å². The molecule has 0 fully saturated rings. The highest BCUT2D eigenvalue weighted by Crippen LogP contribution is 2.34. The minimum atomic E-state index is 0.635. The molecule has 0 atom stereocenters.